The molecule has 1 aliphatic heterocycles. The number of thioether (sulfide) groups is 1. The number of nitrogens with one attached hydrogen (secondary N) is 1. The average Bonchev–Trinajstić information content (AvgIpc) is 3.29. The van der Waals surface area contributed by atoms with Crippen molar-refractivity contribution in [2.45, 2.75) is 23.5 Å². The summed E-state index contributed by atoms with van der Waals surface area (Å²) in [5.41, 5.74) is 3.45. The molecule has 0 radical (unpaired) electrons. The van der Waals surface area contributed by atoms with Gasteiger partial charge in [-0.2, -0.15) is 0 Å². The first-order valence-electron chi connectivity index (χ1n) is 9.19. The van der Waals surface area contributed by atoms with Crippen LogP contribution in [0.1, 0.15) is 5.69 Å². The molecule has 5 rings (SSSR count). The van der Waals surface area contributed by atoms with Crippen LogP contribution < -0.4 is 4.72 Å². The fraction of sp³-hybridized carbons (Fsp3) is 0.143. The van der Waals surface area contributed by atoms with Crippen molar-refractivity contribution >= 4 is 38.4 Å². The number of hydrogen-bond donors (Lipinski definition) is 1. The van der Waals surface area contributed by atoms with Gasteiger partial charge in [0.05, 0.1) is 11.2 Å². The van der Waals surface area contributed by atoms with Gasteiger partial charge in [0.1, 0.15) is 4.90 Å². The Kier molecular flexibility index (Phi) is 4.33. The Balaban J connectivity index is 1.51. The molecule has 2 aromatic carbocycles. The zero-order chi connectivity index (χ0) is 20.0. The number of hydrogen-bond acceptors (Lipinski definition) is 5. The molecule has 4 aromatic rings. The van der Waals surface area contributed by atoms with Crippen LogP contribution in [0, 0.1) is 6.92 Å². The van der Waals surface area contributed by atoms with Crippen LogP contribution >= 0.6 is 11.8 Å². The molecule has 0 fully saturated rings. The van der Waals surface area contributed by atoms with Crippen LogP contribution in [0.4, 0.5) is 5.69 Å². The molecular weight excluding hydrogens is 404 g/mol. The van der Waals surface area contributed by atoms with Crippen molar-refractivity contribution in [3.8, 4) is 11.3 Å². The molecule has 6 nitrogen and oxygen atoms in total. The first kappa shape index (κ1) is 18.2. The maximum absolute atomic E-state index is 13.1. The molecule has 1 aliphatic rings. The number of pyridine rings is 1. The minimum atomic E-state index is -3.79. The number of sulfonamides is 1. The fourth-order valence-electron chi connectivity index (χ4n) is 3.44. The van der Waals surface area contributed by atoms with Crippen LogP contribution in [0.2, 0.25) is 0 Å². The van der Waals surface area contributed by atoms with Gasteiger partial charge in [0.25, 0.3) is 10.0 Å². The largest absolute Gasteiger partial charge is 0.325 e. The van der Waals surface area contributed by atoms with Crippen LogP contribution in [0.25, 0.3) is 22.2 Å². The molecule has 3 heterocycles. The van der Waals surface area contributed by atoms with E-state index < -0.39 is 10.0 Å². The van der Waals surface area contributed by atoms with Gasteiger partial charge >= 0.3 is 0 Å². The van der Waals surface area contributed by atoms with E-state index in [9.17, 15) is 8.42 Å². The Morgan fingerprint density at radius 3 is 2.79 bits per heavy atom. The Morgan fingerprint density at radius 2 is 1.93 bits per heavy atom. The Bertz CT molecular complexity index is 1320. The van der Waals surface area contributed by atoms with E-state index in [4.69, 9.17) is 0 Å². The lowest BCUT2D eigenvalue weighted by Crippen LogP contribution is -2.14. The highest BCUT2D eigenvalue weighted by molar-refractivity contribution is 7.99. The monoisotopic (exact) mass is 422 g/mol. The van der Waals surface area contributed by atoms with Crippen LogP contribution in [0.3, 0.4) is 0 Å². The first-order valence-corrected chi connectivity index (χ1v) is 11.7. The molecule has 0 saturated heterocycles. The second-order valence-corrected chi connectivity index (χ2v) is 9.63. The van der Waals surface area contributed by atoms with Gasteiger partial charge in [0, 0.05) is 40.8 Å². The number of rotatable bonds is 4. The summed E-state index contributed by atoms with van der Waals surface area (Å²) in [4.78, 5) is 9.26. The SMILES string of the molecule is Cc1ccc2cccc(S(=O)(=O)Nc3cccc(-c4cn5c(n4)SCC5)c3)c2n1. The van der Waals surface area contributed by atoms with E-state index in [1.54, 1.807) is 30.0 Å². The number of fused-ring (bicyclic) bond motifs is 2. The lowest BCUT2D eigenvalue weighted by molar-refractivity contribution is 0.602. The Morgan fingerprint density at radius 1 is 1.07 bits per heavy atom. The molecule has 0 unspecified atom stereocenters. The summed E-state index contributed by atoms with van der Waals surface area (Å²) in [6.07, 6.45) is 2.01. The van der Waals surface area contributed by atoms with Crippen molar-refractivity contribution in [1.29, 1.82) is 0 Å². The van der Waals surface area contributed by atoms with E-state index in [1.807, 2.05) is 49.5 Å². The van der Waals surface area contributed by atoms with Gasteiger partial charge in [0.15, 0.2) is 5.16 Å². The van der Waals surface area contributed by atoms with E-state index in [2.05, 4.69) is 19.3 Å². The summed E-state index contributed by atoms with van der Waals surface area (Å²) < 4.78 is 31.1. The maximum atomic E-state index is 13.1. The number of aryl methyl sites for hydroxylation is 2. The standard InChI is InChI=1S/C21H18N4O2S2/c1-14-8-9-15-4-3-7-19(20(15)22-14)29(26,27)24-17-6-2-5-16(12-17)18-13-25-10-11-28-21(25)23-18/h2-9,12-13,24H,10-11H2,1H3. The molecule has 0 bridgehead atoms. The zero-order valence-electron chi connectivity index (χ0n) is 15.7. The zero-order valence-corrected chi connectivity index (χ0v) is 17.3. The molecule has 0 spiro atoms. The third-order valence-electron chi connectivity index (χ3n) is 4.83. The summed E-state index contributed by atoms with van der Waals surface area (Å²) in [6.45, 7) is 2.80. The van der Waals surface area contributed by atoms with Gasteiger partial charge in [-0.15, -0.1) is 0 Å². The van der Waals surface area contributed by atoms with Gasteiger partial charge in [-0.25, -0.2) is 13.4 Å². The third kappa shape index (κ3) is 3.38. The summed E-state index contributed by atoms with van der Waals surface area (Å²) in [6, 6.07) is 16.2. The van der Waals surface area contributed by atoms with E-state index in [0.29, 0.717) is 11.2 Å². The highest BCUT2D eigenvalue weighted by Gasteiger charge is 2.20. The second kappa shape index (κ2) is 6.89. The average molecular weight is 423 g/mol. The molecular formula is C21H18N4O2S2. The van der Waals surface area contributed by atoms with Crippen LogP contribution in [-0.4, -0.2) is 28.7 Å². The van der Waals surface area contributed by atoms with E-state index in [1.165, 1.54) is 0 Å². The topological polar surface area (TPSA) is 76.9 Å². The highest BCUT2D eigenvalue weighted by Crippen LogP contribution is 2.30. The number of benzene rings is 2. The Hall–Kier alpha value is -2.84. The van der Waals surface area contributed by atoms with Gasteiger partial charge in [-0.3, -0.25) is 9.71 Å². The van der Waals surface area contributed by atoms with Crippen molar-refractivity contribution in [3.63, 3.8) is 0 Å². The maximum Gasteiger partial charge on any atom is 0.264 e. The number of anilines is 1. The summed E-state index contributed by atoms with van der Waals surface area (Å²) in [5.74, 6) is 1.04. The van der Waals surface area contributed by atoms with Gasteiger partial charge in [-0.1, -0.05) is 42.1 Å². The van der Waals surface area contributed by atoms with Crippen molar-refractivity contribution in [2.24, 2.45) is 0 Å². The molecule has 0 atom stereocenters. The smallest absolute Gasteiger partial charge is 0.264 e. The number of imidazole rings is 1. The lowest BCUT2D eigenvalue weighted by Gasteiger charge is -2.11. The molecule has 8 heteroatoms. The molecule has 1 N–H and O–H groups in total. The normalized spacial score (nSPS) is 13.6. The molecule has 0 saturated carbocycles. The van der Waals surface area contributed by atoms with E-state index in [0.717, 1.165) is 39.8 Å². The van der Waals surface area contributed by atoms with Gasteiger partial charge < -0.3 is 4.57 Å². The number of para-hydroxylation sites is 1. The van der Waals surface area contributed by atoms with E-state index >= 15 is 0 Å². The number of nitrogens with zero attached hydrogens (tertiary/aromatic N) is 3. The quantitative estimate of drug-likeness (QED) is 0.530. The van der Waals surface area contributed by atoms with Crippen LogP contribution in [-0.2, 0) is 16.6 Å². The minimum Gasteiger partial charge on any atom is -0.325 e. The molecule has 2 aromatic heterocycles. The summed E-state index contributed by atoms with van der Waals surface area (Å²) in [5, 5.41) is 1.79. The fourth-order valence-corrected chi connectivity index (χ4v) is 5.60. The van der Waals surface area contributed by atoms with Crippen LogP contribution in [0.5, 0.6) is 0 Å². The molecule has 0 amide bonds. The predicted molar refractivity (Wildman–Crippen MR) is 116 cm³/mol. The predicted octanol–water partition coefficient (Wildman–Crippen LogP) is 4.31. The first-order chi connectivity index (χ1) is 14.0. The van der Waals surface area contributed by atoms with Crippen molar-refractivity contribution < 1.29 is 8.42 Å². The molecule has 29 heavy (non-hydrogen) atoms. The Labute approximate surface area is 173 Å². The summed E-state index contributed by atoms with van der Waals surface area (Å²) in [7, 11) is -3.79. The van der Waals surface area contributed by atoms with Gasteiger partial charge in [-0.05, 0) is 31.2 Å². The van der Waals surface area contributed by atoms with Crippen LogP contribution in [0.15, 0.2) is 70.8 Å². The second-order valence-electron chi connectivity index (χ2n) is 6.92. The van der Waals surface area contributed by atoms with E-state index in [-0.39, 0.29) is 4.90 Å². The lowest BCUT2D eigenvalue weighted by atomic mass is 10.1. The van der Waals surface area contributed by atoms with Crippen molar-refractivity contribution in [2.75, 3.05) is 10.5 Å². The minimum absolute atomic E-state index is 0.168. The summed E-state index contributed by atoms with van der Waals surface area (Å²) >= 11 is 1.73. The molecule has 146 valence electrons. The highest BCUT2D eigenvalue weighted by atomic mass is 32.2. The molecule has 0 aliphatic carbocycles. The van der Waals surface area contributed by atoms with Gasteiger partial charge in [0.2, 0.25) is 0 Å². The number of aromatic nitrogens is 3. The van der Waals surface area contributed by atoms with Crippen molar-refractivity contribution in [3.05, 3.63) is 66.5 Å². The van der Waals surface area contributed by atoms with Crippen molar-refractivity contribution in [1.82, 2.24) is 14.5 Å². The third-order valence-corrected chi connectivity index (χ3v) is 7.21.